The van der Waals surface area contributed by atoms with Gasteiger partial charge >= 0.3 is 0 Å². The number of halogens is 2. The molecule has 0 saturated carbocycles. The van der Waals surface area contributed by atoms with Crippen molar-refractivity contribution in [3.63, 3.8) is 0 Å². The van der Waals surface area contributed by atoms with Crippen molar-refractivity contribution in [3.8, 4) is 5.75 Å². The first-order valence-corrected chi connectivity index (χ1v) is 11.0. The van der Waals surface area contributed by atoms with Gasteiger partial charge in [-0.3, -0.25) is 0 Å². The van der Waals surface area contributed by atoms with Crippen LogP contribution < -0.4 is 14.1 Å². The molecule has 0 radical (unpaired) electrons. The number of rotatable bonds is 4. The first-order valence-electron chi connectivity index (χ1n) is 8.99. The second kappa shape index (κ2) is 8.13. The predicted molar refractivity (Wildman–Crippen MR) is 113 cm³/mol. The minimum Gasteiger partial charge on any atom is -0.627 e. The number of aliphatic hydroxyl groups is 1. The summed E-state index contributed by atoms with van der Waals surface area (Å²) in [7, 11) is -3.82. The van der Waals surface area contributed by atoms with Gasteiger partial charge in [0.1, 0.15) is 5.82 Å². The van der Waals surface area contributed by atoms with Crippen molar-refractivity contribution in [1.82, 2.24) is 0 Å². The Bertz CT molecular complexity index is 1050. The van der Waals surface area contributed by atoms with E-state index in [2.05, 4.69) is 0 Å². The molecule has 4 nitrogen and oxygen atoms in total. The van der Waals surface area contributed by atoms with Gasteiger partial charge in [-0.05, 0) is 35.9 Å². The summed E-state index contributed by atoms with van der Waals surface area (Å²) in [4.78, 5) is 13.9. The summed E-state index contributed by atoms with van der Waals surface area (Å²) in [6.07, 6.45) is 3.13. The summed E-state index contributed by atoms with van der Waals surface area (Å²) < 4.78 is 21.0. The number of benzene rings is 3. The number of anilines is 1. The van der Waals surface area contributed by atoms with Crippen LogP contribution >= 0.6 is 19.5 Å². The highest BCUT2D eigenvalue weighted by molar-refractivity contribution is 7.67. The molecule has 2 unspecified atom stereocenters. The summed E-state index contributed by atoms with van der Waals surface area (Å²) in [6, 6.07) is 20.6. The molecule has 0 saturated heterocycles. The zero-order valence-corrected chi connectivity index (χ0v) is 16.9. The van der Waals surface area contributed by atoms with Gasteiger partial charge in [0.15, 0.2) is 5.75 Å². The maximum Gasteiger partial charge on any atom is 0.279 e. The minimum atomic E-state index is -3.82. The summed E-state index contributed by atoms with van der Waals surface area (Å²) in [6.45, 7) is 0.228. The van der Waals surface area contributed by atoms with Crippen molar-refractivity contribution in [1.29, 1.82) is 0 Å². The minimum absolute atomic E-state index is 0.0952. The fourth-order valence-electron chi connectivity index (χ4n) is 3.14. The van der Waals surface area contributed by atoms with Crippen LogP contribution in [-0.4, -0.2) is 11.0 Å². The molecule has 2 atom stereocenters. The van der Waals surface area contributed by atoms with Gasteiger partial charge < -0.3 is 14.5 Å². The quantitative estimate of drug-likeness (QED) is 0.591. The zero-order chi connectivity index (χ0) is 20.4. The van der Waals surface area contributed by atoms with Crippen LogP contribution in [0.5, 0.6) is 5.75 Å². The largest absolute Gasteiger partial charge is 0.627 e. The number of para-hydroxylation sites is 1. The van der Waals surface area contributed by atoms with Gasteiger partial charge in [-0.1, -0.05) is 66.2 Å². The van der Waals surface area contributed by atoms with Crippen molar-refractivity contribution in [2.45, 2.75) is 12.4 Å². The lowest BCUT2D eigenvalue weighted by molar-refractivity contribution is -0.194. The summed E-state index contributed by atoms with van der Waals surface area (Å²) >= 11 is 5.94. The number of aliphatic hydroxyl groups excluding tert-OH is 1. The van der Waals surface area contributed by atoms with Gasteiger partial charge in [0.05, 0.1) is 17.3 Å². The van der Waals surface area contributed by atoms with Crippen molar-refractivity contribution < 1.29 is 18.9 Å². The standard InChI is InChI=1S/C22H18ClFNO3P/c23-19-14-18(11-12-20(19)24)25-15-17-8-4-5-9-21(17)28-29(25,27)22(26)13-10-16-6-2-1-3-7-16/h1-14,22,26H,15H2/b13-10+. The van der Waals surface area contributed by atoms with E-state index in [9.17, 15) is 14.4 Å². The molecule has 0 aliphatic carbocycles. The Labute approximate surface area is 174 Å². The Morgan fingerprint density at radius 2 is 1.83 bits per heavy atom. The predicted octanol–water partition coefficient (Wildman–Crippen LogP) is 5.03. The maximum absolute atomic E-state index is 13.9. The monoisotopic (exact) mass is 429 g/mol. The lowest BCUT2D eigenvalue weighted by Gasteiger charge is -2.44. The van der Waals surface area contributed by atoms with Gasteiger partial charge in [-0.15, -0.1) is 0 Å². The van der Waals surface area contributed by atoms with E-state index in [0.717, 1.165) is 11.1 Å². The Hall–Kier alpha value is -2.43. The third kappa shape index (κ3) is 4.00. The van der Waals surface area contributed by atoms with Crippen molar-refractivity contribution in [2.24, 2.45) is 0 Å². The van der Waals surface area contributed by atoms with Crippen LogP contribution in [0.3, 0.4) is 0 Å². The van der Waals surface area contributed by atoms with Gasteiger partial charge in [-0.2, -0.15) is 0 Å². The Balaban J connectivity index is 1.73. The Morgan fingerprint density at radius 3 is 2.59 bits per heavy atom. The molecule has 148 valence electrons. The molecule has 0 bridgehead atoms. The first kappa shape index (κ1) is 19.9. The van der Waals surface area contributed by atoms with E-state index in [0.29, 0.717) is 11.4 Å². The highest BCUT2D eigenvalue weighted by atomic mass is 35.5. The number of nitrogens with zero attached hydrogens (tertiary/aromatic N) is 1. The lowest BCUT2D eigenvalue weighted by atomic mass is 10.2. The maximum atomic E-state index is 13.9. The molecule has 1 aliphatic heterocycles. The van der Waals surface area contributed by atoms with Gasteiger partial charge in [0, 0.05) is 5.56 Å². The van der Waals surface area contributed by atoms with E-state index in [4.69, 9.17) is 16.1 Å². The van der Waals surface area contributed by atoms with E-state index >= 15 is 0 Å². The molecular weight excluding hydrogens is 412 g/mol. The molecule has 29 heavy (non-hydrogen) atoms. The summed E-state index contributed by atoms with van der Waals surface area (Å²) in [5.74, 6) is -1.53. The fraction of sp³-hybridized carbons (Fsp3) is 0.0909. The van der Waals surface area contributed by atoms with E-state index in [-0.39, 0.29) is 11.6 Å². The van der Waals surface area contributed by atoms with Crippen LogP contribution in [0, 0.1) is 5.82 Å². The van der Waals surface area contributed by atoms with Gasteiger partial charge in [0.2, 0.25) is 5.85 Å². The zero-order valence-electron chi connectivity index (χ0n) is 15.3. The Morgan fingerprint density at radius 1 is 1.10 bits per heavy atom. The Kier molecular flexibility index (Phi) is 5.57. The number of fused-ring (bicyclic) bond motifs is 1. The molecule has 3 aromatic carbocycles. The van der Waals surface area contributed by atoms with Crippen LogP contribution in [0.15, 0.2) is 78.9 Å². The van der Waals surface area contributed by atoms with E-state index in [1.54, 1.807) is 18.2 Å². The molecule has 3 aromatic rings. The smallest absolute Gasteiger partial charge is 0.279 e. The molecule has 0 aromatic heterocycles. The average Bonchev–Trinajstić information content (AvgIpc) is 2.74. The molecule has 0 amide bonds. The van der Waals surface area contributed by atoms with E-state index in [1.165, 1.54) is 28.9 Å². The van der Waals surface area contributed by atoms with Gasteiger partial charge in [-0.25, -0.2) is 9.06 Å². The molecule has 1 N–H and O–H groups in total. The summed E-state index contributed by atoms with van der Waals surface area (Å²) in [5, 5.41) is 10.8. The third-order valence-corrected chi connectivity index (χ3v) is 7.29. The highest BCUT2D eigenvalue weighted by Gasteiger charge is 2.48. The van der Waals surface area contributed by atoms with E-state index in [1.807, 2.05) is 42.5 Å². The normalized spacial score (nSPS) is 19.7. The van der Waals surface area contributed by atoms with Crippen LogP contribution in [-0.2, 0) is 6.54 Å². The van der Waals surface area contributed by atoms with Gasteiger partial charge in [0.25, 0.3) is 7.87 Å². The third-order valence-electron chi connectivity index (χ3n) is 4.65. The topological polar surface area (TPSA) is 55.8 Å². The van der Waals surface area contributed by atoms with Crippen LogP contribution in [0.25, 0.3) is 6.08 Å². The molecule has 4 rings (SSSR count). The molecule has 7 heteroatoms. The molecule has 0 spiro atoms. The van der Waals surface area contributed by atoms with Crippen molar-refractivity contribution in [2.75, 3.05) is 4.67 Å². The number of hydrogen-bond acceptors (Lipinski definition) is 4. The van der Waals surface area contributed by atoms with Crippen LogP contribution in [0.2, 0.25) is 5.02 Å². The summed E-state index contributed by atoms with van der Waals surface area (Å²) in [5.41, 5.74) is 2.06. The molecular formula is C22H18ClFNO3P. The van der Waals surface area contributed by atoms with Crippen LogP contribution in [0.1, 0.15) is 11.1 Å². The van der Waals surface area contributed by atoms with Crippen molar-refractivity contribution >= 4 is 31.2 Å². The average molecular weight is 430 g/mol. The highest BCUT2D eigenvalue weighted by Crippen LogP contribution is 2.63. The molecule has 0 fully saturated rings. The number of hydrogen-bond donors (Lipinski definition) is 1. The lowest BCUT2D eigenvalue weighted by Crippen LogP contribution is -2.43. The molecule has 1 heterocycles. The first-order chi connectivity index (χ1) is 14.0. The SMILES string of the molecule is [O-][P+]1(C(O)/C=C/c2ccccc2)Oc2ccccc2CN1c1ccc(F)c(Cl)c1. The fourth-order valence-corrected chi connectivity index (χ4v) is 5.36. The van der Waals surface area contributed by atoms with Crippen LogP contribution in [0.4, 0.5) is 10.1 Å². The van der Waals surface area contributed by atoms with E-state index < -0.39 is 19.5 Å². The van der Waals surface area contributed by atoms with Crippen molar-refractivity contribution in [3.05, 3.63) is 101 Å². The molecule has 1 aliphatic rings. The second-order valence-electron chi connectivity index (χ2n) is 6.60. The second-order valence-corrected chi connectivity index (χ2v) is 9.33.